The molecule has 0 radical (unpaired) electrons. The first kappa shape index (κ1) is 15.6. The van der Waals surface area contributed by atoms with Crippen LogP contribution in [0.5, 0.6) is 0 Å². The number of hydrogen-bond acceptors (Lipinski definition) is 2. The van der Waals surface area contributed by atoms with Crippen molar-refractivity contribution >= 4 is 33.2 Å². The normalized spacial score (nSPS) is 24.9. The maximum Gasteiger partial charge on any atom is 0.0512 e. The van der Waals surface area contributed by atoms with E-state index in [4.69, 9.17) is 11.6 Å². The Bertz CT molecular complexity index is 474. The van der Waals surface area contributed by atoms with Gasteiger partial charge in [-0.05, 0) is 65.9 Å². The zero-order valence-electron chi connectivity index (χ0n) is 12.5. The van der Waals surface area contributed by atoms with E-state index in [9.17, 15) is 0 Å². The molecule has 1 N–H and O–H groups in total. The number of nitrogens with zero attached hydrogens (tertiary/aromatic N) is 1. The molecule has 0 aromatic heterocycles. The first-order valence-corrected chi connectivity index (χ1v) is 9.34. The van der Waals surface area contributed by atoms with Crippen LogP contribution < -0.4 is 10.2 Å². The van der Waals surface area contributed by atoms with Crippen molar-refractivity contribution in [2.24, 2.45) is 5.92 Å². The highest BCUT2D eigenvalue weighted by molar-refractivity contribution is 9.10. The highest BCUT2D eigenvalue weighted by Crippen LogP contribution is 2.32. The number of halogens is 2. The fourth-order valence-electron chi connectivity index (χ4n) is 3.76. The van der Waals surface area contributed by atoms with E-state index in [1.165, 1.54) is 44.2 Å². The predicted octanol–water partition coefficient (Wildman–Crippen LogP) is 4.85. The SMILES string of the molecule is Clc1ccc(N2CCCNC(C3CCCCC3)C2)c(Br)c1. The van der Waals surface area contributed by atoms with Gasteiger partial charge in [0.2, 0.25) is 0 Å². The van der Waals surface area contributed by atoms with E-state index in [0.717, 1.165) is 35.0 Å². The second-order valence-electron chi connectivity index (χ2n) is 6.35. The van der Waals surface area contributed by atoms with E-state index in [1.807, 2.05) is 12.1 Å². The monoisotopic (exact) mass is 370 g/mol. The number of benzene rings is 1. The van der Waals surface area contributed by atoms with Crippen molar-refractivity contribution < 1.29 is 0 Å². The Balaban J connectivity index is 1.75. The van der Waals surface area contributed by atoms with Gasteiger partial charge in [0.25, 0.3) is 0 Å². The van der Waals surface area contributed by atoms with Crippen molar-refractivity contribution in [3.63, 3.8) is 0 Å². The lowest BCUT2D eigenvalue weighted by molar-refractivity contribution is 0.277. The number of rotatable bonds is 2. The minimum atomic E-state index is 0.635. The van der Waals surface area contributed by atoms with E-state index in [0.29, 0.717) is 6.04 Å². The molecular weight excluding hydrogens is 348 g/mol. The number of nitrogens with one attached hydrogen (secondary N) is 1. The summed E-state index contributed by atoms with van der Waals surface area (Å²) in [7, 11) is 0. The lowest BCUT2D eigenvalue weighted by atomic mass is 9.83. The third kappa shape index (κ3) is 3.94. The van der Waals surface area contributed by atoms with Crippen LogP contribution in [0.3, 0.4) is 0 Å². The van der Waals surface area contributed by atoms with Crippen molar-refractivity contribution in [2.75, 3.05) is 24.5 Å². The van der Waals surface area contributed by atoms with Gasteiger partial charge in [0, 0.05) is 28.6 Å². The van der Waals surface area contributed by atoms with Crippen molar-refractivity contribution in [3.8, 4) is 0 Å². The average molecular weight is 372 g/mol. The lowest BCUT2D eigenvalue weighted by Crippen LogP contribution is -2.43. The summed E-state index contributed by atoms with van der Waals surface area (Å²) in [5, 5.41) is 4.59. The van der Waals surface area contributed by atoms with Gasteiger partial charge >= 0.3 is 0 Å². The Labute approximate surface area is 141 Å². The van der Waals surface area contributed by atoms with E-state index < -0.39 is 0 Å². The van der Waals surface area contributed by atoms with Crippen molar-refractivity contribution in [1.82, 2.24) is 5.32 Å². The summed E-state index contributed by atoms with van der Waals surface area (Å²) < 4.78 is 1.11. The summed E-state index contributed by atoms with van der Waals surface area (Å²) in [6.07, 6.45) is 8.25. The Morgan fingerprint density at radius 1 is 1.14 bits per heavy atom. The Morgan fingerprint density at radius 3 is 2.71 bits per heavy atom. The maximum absolute atomic E-state index is 6.08. The molecule has 3 rings (SSSR count). The maximum atomic E-state index is 6.08. The average Bonchev–Trinajstić information content (AvgIpc) is 2.74. The topological polar surface area (TPSA) is 15.3 Å². The number of hydrogen-bond donors (Lipinski definition) is 1. The van der Waals surface area contributed by atoms with Gasteiger partial charge in [-0.15, -0.1) is 0 Å². The number of anilines is 1. The minimum Gasteiger partial charge on any atom is -0.369 e. The molecule has 1 unspecified atom stereocenters. The van der Waals surface area contributed by atoms with Crippen molar-refractivity contribution in [1.29, 1.82) is 0 Å². The van der Waals surface area contributed by atoms with Crippen molar-refractivity contribution in [3.05, 3.63) is 27.7 Å². The molecule has 1 atom stereocenters. The first-order chi connectivity index (χ1) is 10.2. The summed E-state index contributed by atoms with van der Waals surface area (Å²) in [6.45, 7) is 3.38. The van der Waals surface area contributed by atoms with E-state index in [-0.39, 0.29) is 0 Å². The molecule has 1 heterocycles. The third-order valence-corrected chi connectivity index (χ3v) is 5.77. The molecule has 2 nitrogen and oxygen atoms in total. The van der Waals surface area contributed by atoms with Gasteiger partial charge < -0.3 is 10.2 Å². The molecule has 1 saturated carbocycles. The van der Waals surface area contributed by atoms with Gasteiger partial charge in [-0.2, -0.15) is 0 Å². The zero-order chi connectivity index (χ0) is 14.7. The van der Waals surface area contributed by atoms with E-state index in [1.54, 1.807) is 0 Å². The summed E-state index contributed by atoms with van der Waals surface area (Å²) in [6, 6.07) is 6.78. The van der Waals surface area contributed by atoms with Gasteiger partial charge in [-0.3, -0.25) is 0 Å². The first-order valence-electron chi connectivity index (χ1n) is 8.17. The van der Waals surface area contributed by atoms with Gasteiger partial charge in [0.05, 0.1) is 5.69 Å². The molecule has 21 heavy (non-hydrogen) atoms. The zero-order valence-corrected chi connectivity index (χ0v) is 14.8. The quantitative estimate of drug-likeness (QED) is 0.799. The van der Waals surface area contributed by atoms with Crippen LogP contribution in [-0.4, -0.2) is 25.7 Å². The van der Waals surface area contributed by atoms with Crippen molar-refractivity contribution in [2.45, 2.75) is 44.6 Å². The predicted molar refractivity (Wildman–Crippen MR) is 94.3 cm³/mol. The Morgan fingerprint density at radius 2 is 1.95 bits per heavy atom. The van der Waals surface area contributed by atoms with Crippen LogP contribution >= 0.6 is 27.5 Å². The van der Waals surface area contributed by atoms with Gasteiger partial charge in [0.1, 0.15) is 0 Å². The molecule has 2 fully saturated rings. The summed E-state index contributed by atoms with van der Waals surface area (Å²) in [5.41, 5.74) is 1.28. The minimum absolute atomic E-state index is 0.635. The molecule has 116 valence electrons. The fraction of sp³-hybridized carbons (Fsp3) is 0.647. The fourth-order valence-corrected chi connectivity index (χ4v) is 4.69. The van der Waals surface area contributed by atoms with Crippen LogP contribution in [0, 0.1) is 5.92 Å². The lowest BCUT2D eigenvalue weighted by Gasteiger charge is -2.34. The van der Waals surface area contributed by atoms with Crippen LogP contribution in [0.15, 0.2) is 22.7 Å². The second-order valence-corrected chi connectivity index (χ2v) is 7.64. The molecule has 1 saturated heterocycles. The van der Waals surface area contributed by atoms with Gasteiger partial charge in [0.15, 0.2) is 0 Å². The molecule has 0 bridgehead atoms. The molecular formula is C17H24BrClN2. The largest absolute Gasteiger partial charge is 0.369 e. The highest BCUT2D eigenvalue weighted by Gasteiger charge is 2.27. The third-order valence-electron chi connectivity index (χ3n) is 4.90. The summed E-state index contributed by atoms with van der Waals surface area (Å²) in [5.74, 6) is 0.852. The summed E-state index contributed by atoms with van der Waals surface area (Å²) >= 11 is 9.76. The Kier molecular flexibility index (Phi) is 5.47. The molecule has 1 aromatic rings. The molecule has 4 heteroatoms. The van der Waals surface area contributed by atoms with E-state index in [2.05, 4.69) is 32.2 Å². The second kappa shape index (κ2) is 7.34. The Hall–Kier alpha value is -0.250. The standard InChI is InChI=1S/C17H24BrClN2/c18-15-11-14(19)7-8-17(15)21-10-4-9-20-16(12-21)13-5-2-1-3-6-13/h7-8,11,13,16,20H,1-6,9-10,12H2. The van der Waals surface area contributed by atoms with Crippen LogP contribution in [-0.2, 0) is 0 Å². The molecule has 2 aliphatic rings. The smallest absolute Gasteiger partial charge is 0.0512 e. The molecule has 0 spiro atoms. The molecule has 1 aliphatic heterocycles. The van der Waals surface area contributed by atoms with Crippen LogP contribution in [0.2, 0.25) is 5.02 Å². The van der Waals surface area contributed by atoms with Crippen LogP contribution in [0.25, 0.3) is 0 Å². The van der Waals surface area contributed by atoms with Gasteiger partial charge in [-0.1, -0.05) is 30.9 Å². The summed E-state index contributed by atoms with van der Waals surface area (Å²) in [4.78, 5) is 2.53. The highest BCUT2D eigenvalue weighted by atomic mass is 79.9. The van der Waals surface area contributed by atoms with Crippen LogP contribution in [0.1, 0.15) is 38.5 Å². The van der Waals surface area contributed by atoms with Gasteiger partial charge in [-0.25, -0.2) is 0 Å². The molecule has 1 aromatic carbocycles. The molecule has 0 amide bonds. The van der Waals surface area contributed by atoms with E-state index >= 15 is 0 Å². The molecule has 1 aliphatic carbocycles. The van der Waals surface area contributed by atoms with Crippen LogP contribution in [0.4, 0.5) is 5.69 Å².